The molecule has 2 N–H and O–H groups in total. The van der Waals surface area contributed by atoms with Gasteiger partial charge in [0.15, 0.2) is 0 Å². The molecule has 0 saturated heterocycles. The molecule has 0 radical (unpaired) electrons. The van der Waals surface area contributed by atoms with E-state index in [1.165, 1.54) is 0 Å². The third-order valence-electron chi connectivity index (χ3n) is 4.88. The molecular weight excluding hydrogens is 314 g/mol. The summed E-state index contributed by atoms with van der Waals surface area (Å²) < 4.78 is 2.17. The summed E-state index contributed by atoms with van der Waals surface area (Å²) in [6, 6.07) is 8.21. The molecule has 1 aromatic carbocycles. The lowest BCUT2D eigenvalue weighted by Gasteiger charge is -2.26. The molecule has 0 spiro atoms. The number of fused-ring (bicyclic) bond motifs is 2. The summed E-state index contributed by atoms with van der Waals surface area (Å²) in [5.41, 5.74) is 2.11. The maximum atomic E-state index is 12.5. The molecule has 0 fully saturated rings. The fourth-order valence-corrected chi connectivity index (χ4v) is 3.62. The van der Waals surface area contributed by atoms with Crippen LogP contribution in [0.15, 0.2) is 30.5 Å². The molecule has 1 atom stereocenters. The topological polar surface area (TPSA) is 75.6 Å². The van der Waals surface area contributed by atoms with E-state index in [-0.39, 0.29) is 11.9 Å². The number of nitrogens with zero attached hydrogens (tertiary/aromatic N) is 3. The predicted molar refractivity (Wildman–Crippen MR) is 96.4 cm³/mol. The Hall–Kier alpha value is -2.63. The number of H-pyrrole nitrogens is 1. The van der Waals surface area contributed by atoms with E-state index in [4.69, 9.17) is 0 Å². The Kier molecular flexibility index (Phi) is 4.03. The molecule has 1 aliphatic heterocycles. The maximum Gasteiger partial charge on any atom is 0.224 e. The minimum absolute atomic E-state index is 0.0670. The smallest absolute Gasteiger partial charge is 0.224 e. The number of hydrogen-bond donors (Lipinski definition) is 2. The van der Waals surface area contributed by atoms with Gasteiger partial charge < -0.3 is 14.9 Å². The van der Waals surface area contributed by atoms with Gasteiger partial charge in [0.2, 0.25) is 5.91 Å². The highest BCUT2D eigenvalue weighted by Gasteiger charge is 2.25. The van der Waals surface area contributed by atoms with E-state index in [0.717, 1.165) is 47.5 Å². The summed E-state index contributed by atoms with van der Waals surface area (Å²) in [5.74, 6) is 2.44. The van der Waals surface area contributed by atoms with Crippen molar-refractivity contribution in [3.63, 3.8) is 0 Å². The number of benzene rings is 1. The van der Waals surface area contributed by atoms with E-state index < -0.39 is 0 Å². The first-order valence-corrected chi connectivity index (χ1v) is 8.88. The average molecular weight is 337 g/mol. The lowest BCUT2D eigenvalue weighted by Crippen LogP contribution is -2.42. The van der Waals surface area contributed by atoms with Crippen molar-refractivity contribution in [3.05, 3.63) is 47.7 Å². The monoisotopic (exact) mass is 337 g/mol. The summed E-state index contributed by atoms with van der Waals surface area (Å²) in [6.45, 7) is 5.00. The number of aromatic nitrogens is 4. The van der Waals surface area contributed by atoms with E-state index in [0.29, 0.717) is 12.3 Å². The van der Waals surface area contributed by atoms with Gasteiger partial charge in [-0.05, 0) is 18.1 Å². The van der Waals surface area contributed by atoms with Crippen LogP contribution in [0.2, 0.25) is 0 Å². The zero-order valence-electron chi connectivity index (χ0n) is 14.6. The Morgan fingerprint density at radius 3 is 3.04 bits per heavy atom. The summed E-state index contributed by atoms with van der Waals surface area (Å²) in [5, 5.41) is 12.9. The van der Waals surface area contributed by atoms with Crippen LogP contribution in [0.3, 0.4) is 0 Å². The highest BCUT2D eigenvalue weighted by atomic mass is 16.1. The van der Waals surface area contributed by atoms with E-state index in [2.05, 4.69) is 38.9 Å². The van der Waals surface area contributed by atoms with E-state index in [1.54, 1.807) is 0 Å². The normalized spacial score (nSPS) is 17.0. The highest BCUT2D eigenvalue weighted by molar-refractivity contribution is 5.88. The Bertz CT molecular complexity index is 908. The first-order chi connectivity index (χ1) is 12.1. The minimum Gasteiger partial charge on any atom is -0.361 e. The van der Waals surface area contributed by atoms with Gasteiger partial charge >= 0.3 is 0 Å². The molecule has 0 saturated carbocycles. The van der Waals surface area contributed by atoms with Crippen LogP contribution in [0.4, 0.5) is 0 Å². The molecule has 2 aromatic heterocycles. The molecule has 1 amide bonds. The molecule has 3 heterocycles. The Morgan fingerprint density at radius 2 is 2.20 bits per heavy atom. The van der Waals surface area contributed by atoms with Crippen LogP contribution in [0, 0.1) is 0 Å². The van der Waals surface area contributed by atoms with Crippen molar-refractivity contribution in [3.8, 4) is 0 Å². The first kappa shape index (κ1) is 15.9. The fraction of sp³-hybridized carbons (Fsp3) is 0.421. The van der Waals surface area contributed by atoms with Crippen LogP contribution >= 0.6 is 0 Å². The van der Waals surface area contributed by atoms with E-state index in [1.807, 2.05) is 30.5 Å². The first-order valence-electron chi connectivity index (χ1n) is 8.88. The van der Waals surface area contributed by atoms with Gasteiger partial charge in [0.1, 0.15) is 11.6 Å². The number of hydrogen-bond acceptors (Lipinski definition) is 3. The number of carbonyl (C=O) groups is 1. The van der Waals surface area contributed by atoms with Crippen molar-refractivity contribution in [1.82, 2.24) is 25.1 Å². The van der Waals surface area contributed by atoms with Gasteiger partial charge in [-0.25, -0.2) is 0 Å². The largest absolute Gasteiger partial charge is 0.361 e. The van der Waals surface area contributed by atoms with Gasteiger partial charge in [0.25, 0.3) is 0 Å². The second-order valence-electron chi connectivity index (χ2n) is 7.08. The second kappa shape index (κ2) is 6.35. The number of nitrogens with one attached hydrogen (secondary N) is 2. The Labute approximate surface area is 146 Å². The average Bonchev–Trinajstić information content (AvgIpc) is 3.19. The summed E-state index contributed by atoms with van der Waals surface area (Å²) in [6.07, 6.45) is 4.10. The van der Waals surface area contributed by atoms with Crippen LogP contribution in [0.25, 0.3) is 10.9 Å². The summed E-state index contributed by atoms with van der Waals surface area (Å²) in [4.78, 5) is 15.8. The Balaban J connectivity index is 1.44. The predicted octanol–water partition coefficient (Wildman–Crippen LogP) is 2.56. The molecule has 130 valence electrons. The van der Waals surface area contributed by atoms with Crippen molar-refractivity contribution in [1.29, 1.82) is 0 Å². The molecule has 0 bridgehead atoms. The van der Waals surface area contributed by atoms with Crippen LogP contribution in [0.5, 0.6) is 0 Å². The standard InChI is InChI=1S/C19H23N5O/c1-12(2)19-23-22-17-8-7-14(11-24(17)19)21-18(25)9-13-10-20-16-6-4-3-5-15(13)16/h3-6,10,12,14,20H,7-9,11H2,1-2H3,(H,21,25). The number of rotatable bonds is 4. The molecule has 25 heavy (non-hydrogen) atoms. The van der Waals surface area contributed by atoms with Crippen molar-refractivity contribution in [2.45, 2.75) is 51.6 Å². The fourth-order valence-electron chi connectivity index (χ4n) is 3.62. The third kappa shape index (κ3) is 3.04. The number of aromatic amines is 1. The lowest BCUT2D eigenvalue weighted by molar-refractivity contribution is -0.121. The second-order valence-corrected chi connectivity index (χ2v) is 7.08. The van der Waals surface area contributed by atoms with E-state index >= 15 is 0 Å². The molecule has 6 nitrogen and oxygen atoms in total. The third-order valence-corrected chi connectivity index (χ3v) is 4.88. The SMILES string of the molecule is CC(C)c1nnc2n1CC(NC(=O)Cc1c[nH]c3ccccc13)CC2. The number of carbonyl (C=O) groups excluding carboxylic acids is 1. The van der Waals surface area contributed by atoms with Crippen molar-refractivity contribution in [2.24, 2.45) is 0 Å². The zero-order valence-corrected chi connectivity index (χ0v) is 14.6. The number of aryl methyl sites for hydroxylation is 1. The van der Waals surface area contributed by atoms with Crippen molar-refractivity contribution < 1.29 is 4.79 Å². The van der Waals surface area contributed by atoms with Gasteiger partial charge in [-0.3, -0.25) is 4.79 Å². The lowest BCUT2D eigenvalue weighted by atomic mass is 10.0. The van der Waals surface area contributed by atoms with E-state index in [9.17, 15) is 4.79 Å². The summed E-state index contributed by atoms with van der Waals surface area (Å²) in [7, 11) is 0. The van der Waals surface area contributed by atoms with Gasteiger partial charge in [-0.15, -0.1) is 10.2 Å². The molecule has 0 aliphatic carbocycles. The molecule has 1 unspecified atom stereocenters. The van der Waals surface area contributed by atoms with Crippen LogP contribution in [-0.4, -0.2) is 31.7 Å². The molecular formula is C19H23N5O. The molecule has 3 aromatic rings. The summed E-state index contributed by atoms with van der Waals surface area (Å²) >= 11 is 0. The van der Waals surface area contributed by atoms with Crippen LogP contribution < -0.4 is 5.32 Å². The zero-order chi connectivity index (χ0) is 17.4. The minimum atomic E-state index is 0.0670. The van der Waals surface area contributed by atoms with Crippen molar-refractivity contribution in [2.75, 3.05) is 0 Å². The maximum absolute atomic E-state index is 12.5. The quantitative estimate of drug-likeness (QED) is 0.768. The van der Waals surface area contributed by atoms with Crippen molar-refractivity contribution >= 4 is 16.8 Å². The molecule has 6 heteroatoms. The van der Waals surface area contributed by atoms with Gasteiger partial charge in [0, 0.05) is 42.0 Å². The van der Waals surface area contributed by atoms with Gasteiger partial charge in [-0.2, -0.15) is 0 Å². The molecule has 4 rings (SSSR count). The van der Waals surface area contributed by atoms with Crippen LogP contribution in [-0.2, 0) is 24.2 Å². The van der Waals surface area contributed by atoms with Gasteiger partial charge in [-0.1, -0.05) is 32.0 Å². The molecule has 1 aliphatic rings. The Morgan fingerprint density at radius 1 is 1.36 bits per heavy atom. The van der Waals surface area contributed by atoms with Gasteiger partial charge in [0.05, 0.1) is 6.42 Å². The van der Waals surface area contributed by atoms with Crippen LogP contribution in [0.1, 0.15) is 43.4 Å². The number of amides is 1. The number of para-hydroxylation sites is 1. The highest BCUT2D eigenvalue weighted by Crippen LogP contribution is 2.21.